The Kier molecular flexibility index (Phi) is 5.50. The summed E-state index contributed by atoms with van der Waals surface area (Å²) in [6.45, 7) is 0.179. The van der Waals surface area contributed by atoms with E-state index in [4.69, 9.17) is 27.9 Å². The molecule has 1 aromatic rings. The van der Waals surface area contributed by atoms with Crippen molar-refractivity contribution in [2.45, 2.75) is 4.90 Å². The number of halogens is 2. The topological polar surface area (TPSA) is 98.5 Å². The van der Waals surface area contributed by atoms with Crippen LogP contribution in [0.25, 0.3) is 0 Å². The van der Waals surface area contributed by atoms with Crippen molar-refractivity contribution in [3.8, 4) is 0 Å². The molecule has 0 atom stereocenters. The third-order valence-corrected chi connectivity index (χ3v) is 4.40. The highest BCUT2D eigenvalue weighted by molar-refractivity contribution is 7.89. The second kappa shape index (κ2) is 6.49. The van der Waals surface area contributed by atoms with Gasteiger partial charge in [-0.2, -0.15) is 0 Å². The minimum Gasteiger partial charge on any atom is -0.383 e. The van der Waals surface area contributed by atoms with Crippen molar-refractivity contribution >= 4 is 38.9 Å². The van der Waals surface area contributed by atoms with Crippen LogP contribution < -0.4 is 4.72 Å². The fraction of sp³-hybridized carbons (Fsp3) is 0.333. The number of nitro groups is 1. The molecule has 0 saturated carbocycles. The number of rotatable bonds is 6. The first-order valence-electron chi connectivity index (χ1n) is 4.92. The van der Waals surface area contributed by atoms with Gasteiger partial charge in [0.25, 0.3) is 0 Å². The average Bonchev–Trinajstić information content (AvgIpc) is 2.28. The Bertz CT molecular complexity index is 591. The highest BCUT2D eigenvalue weighted by atomic mass is 35.5. The Labute approximate surface area is 119 Å². The van der Waals surface area contributed by atoms with Gasteiger partial charge in [0.05, 0.1) is 11.5 Å². The molecule has 0 aliphatic carbocycles. The van der Waals surface area contributed by atoms with Crippen LogP contribution in [-0.4, -0.2) is 33.6 Å². The summed E-state index contributed by atoms with van der Waals surface area (Å²) in [6, 6.07) is 2.21. The van der Waals surface area contributed by atoms with Crippen molar-refractivity contribution in [3.05, 3.63) is 32.3 Å². The SMILES string of the molecule is COCCNS(=O)(=O)c1ccc(Cl)c([N+](=O)[O-])c1Cl. The van der Waals surface area contributed by atoms with Crippen LogP contribution in [0.5, 0.6) is 0 Å². The number of nitro benzene ring substituents is 1. The molecule has 106 valence electrons. The highest BCUT2D eigenvalue weighted by Crippen LogP contribution is 2.36. The minimum atomic E-state index is -3.96. The van der Waals surface area contributed by atoms with Crippen molar-refractivity contribution in [2.75, 3.05) is 20.3 Å². The Balaban J connectivity index is 3.21. The van der Waals surface area contributed by atoms with Crippen molar-refractivity contribution in [2.24, 2.45) is 0 Å². The van der Waals surface area contributed by atoms with E-state index in [1.165, 1.54) is 7.11 Å². The molecular formula is C9H10Cl2N2O5S. The summed E-state index contributed by atoms with van der Waals surface area (Å²) >= 11 is 11.3. The summed E-state index contributed by atoms with van der Waals surface area (Å²) in [6.07, 6.45) is 0. The van der Waals surface area contributed by atoms with Gasteiger partial charge < -0.3 is 4.74 Å². The molecule has 0 unspecified atom stereocenters. The molecule has 1 rings (SSSR count). The molecule has 0 fully saturated rings. The van der Waals surface area contributed by atoms with E-state index in [1.54, 1.807) is 0 Å². The predicted octanol–water partition coefficient (Wildman–Crippen LogP) is 1.83. The molecule has 0 aliphatic rings. The number of hydrogen-bond donors (Lipinski definition) is 1. The molecule has 1 N–H and O–H groups in total. The summed E-state index contributed by atoms with van der Waals surface area (Å²) < 4.78 is 30.7. The fourth-order valence-corrected chi connectivity index (χ4v) is 3.15. The van der Waals surface area contributed by atoms with Gasteiger partial charge in [0.2, 0.25) is 10.0 Å². The highest BCUT2D eigenvalue weighted by Gasteiger charge is 2.27. The van der Waals surface area contributed by atoms with E-state index < -0.39 is 30.6 Å². The van der Waals surface area contributed by atoms with Gasteiger partial charge in [-0.3, -0.25) is 10.1 Å². The van der Waals surface area contributed by atoms with E-state index in [1.807, 2.05) is 0 Å². The number of nitrogens with one attached hydrogen (secondary N) is 1. The Morgan fingerprint density at radius 2 is 2.05 bits per heavy atom. The summed E-state index contributed by atoms with van der Waals surface area (Å²) in [5, 5.41) is 10.0. The zero-order chi connectivity index (χ0) is 14.6. The van der Waals surface area contributed by atoms with Gasteiger partial charge >= 0.3 is 5.69 Å². The lowest BCUT2D eigenvalue weighted by Crippen LogP contribution is -2.27. The van der Waals surface area contributed by atoms with Crippen LogP contribution in [0.1, 0.15) is 0 Å². The largest absolute Gasteiger partial charge is 0.383 e. The summed E-state index contributed by atoms with van der Waals surface area (Å²) in [4.78, 5) is 9.55. The van der Waals surface area contributed by atoms with E-state index >= 15 is 0 Å². The summed E-state index contributed by atoms with van der Waals surface area (Å²) in [5.74, 6) is 0. The number of sulfonamides is 1. The molecule has 0 heterocycles. The standard InChI is InChI=1S/C9H10Cl2N2O5S/c1-18-5-4-12-19(16,17)7-3-2-6(10)9(8(7)11)13(14)15/h2-3,12H,4-5H2,1H3. The quantitative estimate of drug-likeness (QED) is 0.488. The van der Waals surface area contributed by atoms with E-state index in [9.17, 15) is 18.5 Å². The maximum absolute atomic E-state index is 11.9. The van der Waals surface area contributed by atoms with Crippen LogP contribution in [0, 0.1) is 10.1 Å². The van der Waals surface area contributed by atoms with E-state index in [-0.39, 0.29) is 18.2 Å². The van der Waals surface area contributed by atoms with Crippen LogP contribution in [0.4, 0.5) is 5.69 Å². The summed E-state index contributed by atoms with van der Waals surface area (Å²) in [7, 11) is -2.55. The zero-order valence-electron chi connectivity index (χ0n) is 9.72. The first-order chi connectivity index (χ1) is 8.81. The van der Waals surface area contributed by atoms with Crippen molar-refractivity contribution < 1.29 is 18.1 Å². The minimum absolute atomic E-state index is 0.0194. The second-order valence-corrected chi connectivity index (χ2v) is 5.88. The van der Waals surface area contributed by atoms with Crippen molar-refractivity contribution in [3.63, 3.8) is 0 Å². The second-order valence-electron chi connectivity index (χ2n) is 3.36. The van der Waals surface area contributed by atoms with Gasteiger partial charge in [0.1, 0.15) is 14.9 Å². The van der Waals surface area contributed by atoms with E-state index in [2.05, 4.69) is 4.72 Å². The molecule has 0 aliphatic heterocycles. The molecule has 0 bridgehead atoms. The van der Waals surface area contributed by atoms with Gasteiger partial charge in [-0.25, -0.2) is 13.1 Å². The molecule has 10 heteroatoms. The Hall–Kier alpha value is -0.930. The molecular weight excluding hydrogens is 319 g/mol. The van der Waals surface area contributed by atoms with Gasteiger partial charge in [0, 0.05) is 13.7 Å². The number of ether oxygens (including phenoxy) is 1. The Morgan fingerprint density at radius 3 is 2.58 bits per heavy atom. The lowest BCUT2D eigenvalue weighted by atomic mass is 10.3. The van der Waals surface area contributed by atoms with Crippen molar-refractivity contribution in [1.82, 2.24) is 4.72 Å². The molecule has 0 aromatic heterocycles. The molecule has 0 spiro atoms. The van der Waals surface area contributed by atoms with E-state index in [0.29, 0.717) is 0 Å². The van der Waals surface area contributed by atoms with Crippen molar-refractivity contribution in [1.29, 1.82) is 0 Å². The molecule has 0 amide bonds. The Morgan fingerprint density at radius 1 is 1.42 bits per heavy atom. The maximum atomic E-state index is 11.9. The molecule has 0 radical (unpaired) electrons. The number of benzene rings is 1. The maximum Gasteiger partial charge on any atom is 0.307 e. The lowest BCUT2D eigenvalue weighted by molar-refractivity contribution is -0.384. The van der Waals surface area contributed by atoms with Crippen LogP contribution in [0.2, 0.25) is 10.0 Å². The van der Waals surface area contributed by atoms with Crippen LogP contribution in [-0.2, 0) is 14.8 Å². The fourth-order valence-electron chi connectivity index (χ4n) is 1.25. The van der Waals surface area contributed by atoms with E-state index in [0.717, 1.165) is 12.1 Å². The average molecular weight is 329 g/mol. The first kappa shape index (κ1) is 16.1. The third kappa shape index (κ3) is 3.77. The normalized spacial score (nSPS) is 11.5. The molecule has 0 saturated heterocycles. The zero-order valence-corrected chi connectivity index (χ0v) is 12.0. The van der Waals surface area contributed by atoms with Crippen LogP contribution >= 0.6 is 23.2 Å². The molecule has 7 nitrogen and oxygen atoms in total. The number of hydrogen-bond acceptors (Lipinski definition) is 5. The molecule has 1 aromatic carbocycles. The summed E-state index contributed by atoms with van der Waals surface area (Å²) in [5.41, 5.74) is -0.641. The van der Waals surface area contributed by atoms with Gasteiger partial charge in [-0.1, -0.05) is 23.2 Å². The van der Waals surface area contributed by atoms with Gasteiger partial charge in [-0.05, 0) is 12.1 Å². The smallest absolute Gasteiger partial charge is 0.307 e. The van der Waals surface area contributed by atoms with Crippen LogP contribution in [0.15, 0.2) is 17.0 Å². The van der Waals surface area contributed by atoms with Gasteiger partial charge in [0.15, 0.2) is 0 Å². The first-order valence-corrected chi connectivity index (χ1v) is 7.16. The number of nitrogens with zero attached hydrogens (tertiary/aromatic N) is 1. The van der Waals surface area contributed by atoms with Gasteiger partial charge in [-0.15, -0.1) is 0 Å². The number of methoxy groups -OCH3 is 1. The monoisotopic (exact) mass is 328 g/mol. The molecule has 19 heavy (non-hydrogen) atoms. The van der Waals surface area contributed by atoms with Crippen LogP contribution in [0.3, 0.4) is 0 Å². The lowest BCUT2D eigenvalue weighted by Gasteiger charge is -2.08. The third-order valence-electron chi connectivity index (χ3n) is 2.10. The predicted molar refractivity (Wildman–Crippen MR) is 70.2 cm³/mol.